The van der Waals surface area contributed by atoms with Crippen LogP contribution in [0, 0.1) is 5.41 Å². The number of hydrogen-bond donors (Lipinski definition) is 2. The van der Waals surface area contributed by atoms with E-state index in [1.807, 2.05) is 6.07 Å². The number of nitrogens with two attached hydrogens (primary N) is 1. The van der Waals surface area contributed by atoms with Gasteiger partial charge in [-0.1, -0.05) is 36.8 Å². The molecule has 1 fully saturated rings. The van der Waals surface area contributed by atoms with Crippen molar-refractivity contribution in [1.82, 2.24) is 4.90 Å². The van der Waals surface area contributed by atoms with E-state index >= 15 is 0 Å². The summed E-state index contributed by atoms with van der Waals surface area (Å²) in [7, 11) is 2.05. The van der Waals surface area contributed by atoms with Crippen molar-refractivity contribution in [3.05, 3.63) is 35.9 Å². The predicted octanol–water partition coefficient (Wildman–Crippen LogP) is 2.71. The highest BCUT2D eigenvalue weighted by Gasteiger charge is 2.37. The van der Waals surface area contributed by atoms with Crippen molar-refractivity contribution in [1.29, 1.82) is 5.41 Å². The fourth-order valence-electron chi connectivity index (χ4n) is 3.07. The topological polar surface area (TPSA) is 53.1 Å². The Labute approximate surface area is 109 Å². The van der Waals surface area contributed by atoms with E-state index in [0.717, 1.165) is 31.5 Å². The van der Waals surface area contributed by atoms with Gasteiger partial charge < -0.3 is 10.6 Å². The van der Waals surface area contributed by atoms with Crippen LogP contribution in [0.4, 0.5) is 0 Å². The van der Waals surface area contributed by atoms with Crippen LogP contribution < -0.4 is 5.73 Å². The SMILES string of the molecule is CN1C(=N)CCCCC1(CCN)c1ccccc1. The van der Waals surface area contributed by atoms with Crippen molar-refractivity contribution in [2.45, 2.75) is 37.6 Å². The molecule has 98 valence electrons. The minimum atomic E-state index is -0.0798. The Balaban J connectivity index is 2.44. The Morgan fingerprint density at radius 1 is 1.28 bits per heavy atom. The average Bonchev–Trinajstić information content (AvgIpc) is 2.54. The van der Waals surface area contributed by atoms with Gasteiger partial charge in [-0.2, -0.15) is 0 Å². The van der Waals surface area contributed by atoms with Crippen LogP contribution in [0.25, 0.3) is 0 Å². The zero-order chi connectivity index (χ0) is 13.0. The van der Waals surface area contributed by atoms with E-state index in [1.165, 1.54) is 12.0 Å². The van der Waals surface area contributed by atoms with Crippen LogP contribution in [0.3, 0.4) is 0 Å². The van der Waals surface area contributed by atoms with Gasteiger partial charge in [0.25, 0.3) is 0 Å². The average molecular weight is 245 g/mol. The van der Waals surface area contributed by atoms with Crippen LogP contribution in [0.15, 0.2) is 30.3 Å². The maximum absolute atomic E-state index is 8.20. The molecule has 0 saturated carbocycles. The van der Waals surface area contributed by atoms with Crippen molar-refractivity contribution in [2.24, 2.45) is 5.73 Å². The first kappa shape index (κ1) is 13.1. The molecule has 1 atom stereocenters. The van der Waals surface area contributed by atoms with E-state index in [9.17, 15) is 0 Å². The molecule has 3 N–H and O–H groups in total. The van der Waals surface area contributed by atoms with Gasteiger partial charge in [-0.3, -0.25) is 5.41 Å². The molecule has 0 radical (unpaired) electrons. The maximum atomic E-state index is 8.20. The first-order valence-electron chi connectivity index (χ1n) is 6.77. The summed E-state index contributed by atoms with van der Waals surface area (Å²) in [6.45, 7) is 0.659. The zero-order valence-corrected chi connectivity index (χ0v) is 11.2. The summed E-state index contributed by atoms with van der Waals surface area (Å²) in [6, 6.07) is 10.5. The normalized spacial score (nSPS) is 25.0. The van der Waals surface area contributed by atoms with Gasteiger partial charge in [0.05, 0.1) is 11.4 Å². The minimum absolute atomic E-state index is 0.0798. The monoisotopic (exact) mass is 245 g/mol. The van der Waals surface area contributed by atoms with E-state index in [4.69, 9.17) is 11.1 Å². The quantitative estimate of drug-likeness (QED) is 0.860. The smallest absolute Gasteiger partial charge is 0.0962 e. The molecular formula is C15H23N3. The summed E-state index contributed by atoms with van der Waals surface area (Å²) in [4.78, 5) is 2.15. The Hall–Kier alpha value is -1.35. The van der Waals surface area contributed by atoms with E-state index in [2.05, 4.69) is 36.2 Å². The molecule has 3 heteroatoms. The lowest BCUT2D eigenvalue weighted by Gasteiger charge is -2.42. The summed E-state index contributed by atoms with van der Waals surface area (Å²) in [6.07, 6.45) is 5.17. The predicted molar refractivity (Wildman–Crippen MR) is 75.7 cm³/mol. The summed E-state index contributed by atoms with van der Waals surface area (Å²) >= 11 is 0. The van der Waals surface area contributed by atoms with Gasteiger partial charge in [0.1, 0.15) is 0 Å². The highest BCUT2D eigenvalue weighted by Crippen LogP contribution is 2.38. The second-order valence-corrected chi connectivity index (χ2v) is 5.15. The molecule has 1 saturated heterocycles. The molecular weight excluding hydrogens is 222 g/mol. The Morgan fingerprint density at radius 3 is 2.67 bits per heavy atom. The van der Waals surface area contributed by atoms with Crippen molar-refractivity contribution >= 4 is 5.84 Å². The van der Waals surface area contributed by atoms with E-state index in [0.29, 0.717) is 6.54 Å². The number of rotatable bonds is 3. The molecule has 18 heavy (non-hydrogen) atoms. The third-order valence-electron chi connectivity index (χ3n) is 4.17. The molecule has 1 aliphatic heterocycles. The van der Waals surface area contributed by atoms with E-state index < -0.39 is 0 Å². The number of nitrogens with zero attached hydrogens (tertiary/aromatic N) is 1. The lowest BCUT2D eigenvalue weighted by Crippen LogP contribution is -2.47. The van der Waals surface area contributed by atoms with Crippen LogP contribution in [0.2, 0.25) is 0 Å². The molecule has 1 aromatic carbocycles. The lowest BCUT2D eigenvalue weighted by atomic mass is 9.81. The minimum Gasteiger partial charge on any atom is -0.354 e. The summed E-state index contributed by atoms with van der Waals surface area (Å²) < 4.78 is 0. The van der Waals surface area contributed by atoms with Gasteiger partial charge in [0.2, 0.25) is 0 Å². The second-order valence-electron chi connectivity index (χ2n) is 5.15. The molecule has 0 amide bonds. The highest BCUT2D eigenvalue weighted by atomic mass is 15.2. The van der Waals surface area contributed by atoms with Crippen LogP contribution >= 0.6 is 0 Å². The first-order chi connectivity index (χ1) is 8.70. The fraction of sp³-hybridized carbons (Fsp3) is 0.533. The number of benzene rings is 1. The van der Waals surface area contributed by atoms with Crippen molar-refractivity contribution in [3.8, 4) is 0 Å². The highest BCUT2D eigenvalue weighted by molar-refractivity contribution is 5.80. The zero-order valence-electron chi connectivity index (χ0n) is 11.2. The van der Waals surface area contributed by atoms with E-state index in [1.54, 1.807) is 0 Å². The van der Waals surface area contributed by atoms with Crippen LogP contribution in [0.1, 0.15) is 37.7 Å². The number of nitrogens with one attached hydrogen (secondary N) is 1. The van der Waals surface area contributed by atoms with Gasteiger partial charge in [-0.05, 0) is 31.4 Å². The fourth-order valence-corrected chi connectivity index (χ4v) is 3.07. The van der Waals surface area contributed by atoms with Gasteiger partial charge in [-0.25, -0.2) is 0 Å². The molecule has 1 aliphatic rings. The largest absolute Gasteiger partial charge is 0.354 e. The van der Waals surface area contributed by atoms with Gasteiger partial charge in [-0.15, -0.1) is 0 Å². The van der Waals surface area contributed by atoms with Gasteiger partial charge in [0, 0.05) is 13.5 Å². The van der Waals surface area contributed by atoms with Crippen molar-refractivity contribution in [3.63, 3.8) is 0 Å². The summed E-state index contributed by atoms with van der Waals surface area (Å²) in [5.74, 6) is 0.741. The molecule has 2 rings (SSSR count). The lowest BCUT2D eigenvalue weighted by molar-refractivity contribution is 0.178. The molecule has 0 aliphatic carbocycles. The summed E-state index contributed by atoms with van der Waals surface area (Å²) in [5.41, 5.74) is 7.06. The van der Waals surface area contributed by atoms with Crippen molar-refractivity contribution in [2.75, 3.05) is 13.6 Å². The number of amidine groups is 1. The molecule has 0 spiro atoms. The third kappa shape index (κ3) is 2.27. The van der Waals surface area contributed by atoms with Gasteiger partial charge >= 0.3 is 0 Å². The molecule has 1 aromatic rings. The van der Waals surface area contributed by atoms with Gasteiger partial charge in [0.15, 0.2) is 0 Å². The summed E-state index contributed by atoms with van der Waals surface area (Å²) in [5, 5.41) is 8.20. The molecule has 0 bridgehead atoms. The standard InChI is InChI=1S/C15H23N3/c1-18-14(17)9-5-6-10-15(18,11-12-16)13-7-3-2-4-8-13/h2-4,7-8,17H,5-6,9-12,16H2,1H3. The Bertz CT molecular complexity index is 401. The Morgan fingerprint density at radius 2 is 2.00 bits per heavy atom. The first-order valence-corrected chi connectivity index (χ1v) is 6.77. The van der Waals surface area contributed by atoms with Crippen LogP contribution in [-0.4, -0.2) is 24.3 Å². The third-order valence-corrected chi connectivity index (χ3v) is 4.17. The number of hydrogen-bond acceptors (Lipinski definition) is 2. The van der Waals surface area contributed by atoms with E-state index in [-0.39, 0.29) is 5.54 Å². The molecule has 1 unspecified atom stereocenters. The van der Waals surface area contributed by atoms with Crippen LogP contribution in [0.5, 0.6) is 0 Å². The van der Waals surface area contributed by atoms with Crippen molar-refractivity contribution < 1.29 is 0 Å². The maximum Gasteiger partial charge on any atom is 0.0962 e. The molecule has 0 aromatic heterocycles. The van der Waals surface area contributed by atoms with Crippen LogP contribution in [-0.2, 0) is 5.54 Å². The number of likely N-dealkylation sites (tertiary alicyclic amines) is 1. The molecule has 3 nitrogen and oxygen atoms in total. The second kappa shape index (κ2) is 5.53. The molecule has 1 heterocycles. The Kier molecular flexibility index (Phi) is 4.02.